The van der Waals surface area contributed by atoms with E-state index in [2.05, 4.69) is 35.4 Å². The lowest BCUT2D eigenvalue weighted by Gasteiger charge is -2.20. The van der Waals surface area contributed by atoms with Gasteiger partial charge in [0.05, 0.1) is 5.69 Å². The summed E-state index contributed by atoms with van der Waals surface area (Å²) in [5, 5.41) is 7.38. The third-order valence-corrected chi connectivity index (χ3v) is 3.49. The van der Waals surface area contributed by atoms with Gasteiger partial charge in [-0.1, -0.05) is 31.1 Å². The Morgan fingerprint density at radius 1 is 1.38 bits per heavy atom. The highest BCUT2D eigenvalue weighted by Crippen LogP contribution is 2.32. The molecule has 112 valence electrons. The van der Waals surface area contributed by atoms with Crippen molar-refractivity contribution in [1.82, 2.24) is 10.1 Å². The SMILES string of the molecule is CC(C)Cc1noc(COc2cccc3c2NCCC3)n1. The first kappa shape index (κ1) is 13.9. The molecule has 0 aliphatic carbocycles. The third kappa shape index (κ3) is 3.35. The molecule has 1 aliphatic rings. The van der Waals surface area contributed by atoms with E-state index < -0.39 is 0 Å². The maximum Gasteiger partial charge on any atom is 0.264 e. The number of anilines is 1. The number of hydrogen-bond donors (Lipinski definition) is 1. The first-order valence-corrected chi connectivity index (χ1v) is 7.52. The Balaban J connectivity index is 1.66. The van der Waals surface area contributed by atoms with Gasteiger partial charge < -0.3 is 14.6 Å². The van der Waals surface area contributed by atoms with Crippen LogP contribution < -0.4 is 10.1 Å². The number of hydrogen-bond acceptors (Lipinski definition) is 5. The van der Waals surface area contributed by atoms with Crippen LogP contribution in [0.25, 0.3) is 0 Å². The molecule has 1 N–H and O–H groups in total. The van der Waals surface area contributed by atoms with E-state index in [0.717, 1.165) is 36.6 Å². The molecule has 0 spiro atoms. The number of nitrogens with zero attached hydrogens (tertiary/aromatic N) is 2. The van der Waals surface area contributed by atoms with Crippen molar-refractivity contribution in [1.29, 1.82) is 0 Å². The highest BCUT2D eigenvalue weighted by molar-refractivity contribution is 5.63. The van der Waals surface area contributed by atoms with Gasteiger partial charge in [-0.25, -0.2) is 0 Å². The van der Waals surface area contributed by atoms with Gasteiger partial charge in [-0.05, 0) is 30.4 Å². The van der Waals surface area contributed by atoms with Crippen LogP contribution in [0.2, 0.25) is 0 Å². The van der Waals surface area contributed by atoms with Crippen LogP contribution in [0, 0.1) is 5.92 Å². The van der Waals surface area contributed by atoms with E-state index >= 15 is 0 Å². The molecule has 0 radical (unpaired) electrons. The molecular formula is C16H21N3O2. The summed E-state index contributed by atoms with van der Waals surface area (Å²) in [6.45, 7) is 5.57. The number of benzene rings is 1. The number of aryl methyl sites for hydroxylation is 1. The van der Waals surface area contributed by atoms with Crippen molar-refractivity contribution in [3.8, 4) is 5.75 Å². The van der Waals surface area contributed by atoms with Gasteiger partial charge in [-0.3, -0.25) is 0 Å². The van der Waals surface area contributed by atoms with Crippen molar-refractivity contribution < 1.29 is 9.26 Å². The molecule has 0 atom stereocenters. The molecule has 1 aliphatic heterocycles. The van der Waals surface area contributed by atoms with Gasteiger partial charge in [-0.2, -0.15) is 4.98 Å². The van der Waals surface area contributed by atoms with Crippen molar-refractivity contribution in [2.24, 2.45) is 5.92 Å². The van der Waals surface area contributed by atoms with E-state index in [1.165, 1.54) is 12.0 Å². The second-order valence-corrected chi connectivity index (χ2v) is 5.81. The Kier molecular flexibility index (Phi) is 4.08. The summed E-state index contributed by atoms with van der Waals surface area (Å²) >= 11 is 0. The first-order valence-electron chi connectivity index (χ1n) is 7.52. The standard InChI is InChI=1S/C16H21N3O2/c1-11(2)9-14-18-15(21-19-14)10-20-13-7-3-5-12-6-4-8-17-16(12)13/h3,5,7,11,17H,4,6,8-10H2,1-2H3. The Hall–Kier alpha value is -2.04. The zero-order chi connectivity index (χ0) is 14.7. The highest BCUT2D eigenvalue weighted by Gasteiger charge is 2.14. The molecule has 3 rings (SSSR count). The normalized spacial score (nSPS) is 13.9. The van der Waals surface area contributed by atoms with Crippen molar-refractivity contribution >= 4 is 5.69 Å². The molecular weight excluding hydrogens is 266 g/mol. The number of rotatable bonds is 5. The number of ether oxygens (including phenoxy) is 1. The van der Waals surface area contributed by atoms with Gasteiger partial charge in [0, 0.05) is 13.0 Å². The van der Waals surface area contributed by atoms with E-state index in [1.807, 2.05) is 12.1 Å². The van der Waals surface area contributed by atoms with E-state index in [-0.39, 0.29) is 0 Å². The van der Waals surface area contributed by atoms with Crippen molar-refractivity contribution in [2.45, 2.75) is 39.7 Å². The van der Waals surface area contributed by atoms with Crippen LogP contribution in [0.5, 0.6) is 5.75 Å². The zero-order valence-corrected chi connectivity index (χ0v) is 12.6. The van der Waals surface area contributed by atoms with E-state index in [9.17, 15) is 0 Å². The largest absolute Gasteiger partial charge is 0.482 e. The van der Waals surface area contributed by atoms with Gasteiger partial charge in [0.2, 0.25) is 0 Å². The molecule has 0 fully saturated rings. The van der Waals surface area contributed by atoms with Gasteiger partial charge in [0.25, 0.3) is 5.89 Å². The summed E-state index contributed by atoms with van der Waals surface area (Å²) < 4.78 is 11.1. The summed E-state index contributed by atoms with van der Waals surface area (Å²) in [4.78, 5) is 4.35. The van der Waals surface area contributed by atoms with Crippen molar-refractivity contribution in [2.75, 3.05) is 11.9 Å². The zero-order valence-electron chi connectivity index (χ0n) is 12.6. The molecule has 0 saturated carbocycles. The first-order chi connectivity index (χ1) is 10.2. The van der Waals surface area contributed by atoms with Crippen LogP contribution in [-0.2, 0) is 19.4 Å². The number of para-hydroxylation sites is 1. The fourth-order valence-corrected chi connectivity index (χ4v) is 2.53. The Labute approximate surface area is 124 Å². The monoisotopic (exact) mass is 287 g/mol. The van der Waals surface area contributed by atoms with Crippen LogP contribution in [0.4, 0.5) is 5.69 Å². The molecule has 0 bridgehead atoms. The number of fused-ring (bicyclic) bond motifs is 1. The highest BCUT2D eigenvalue weighted by atomic mass is 16.5. The lowest BCUT2D eigenvalue weighted by molar-refractivity contribution is 0.243. The number of aromatic nitrogens is 2. The molecule has 2 heterocycles. The van der Waals surface area contributed by atoms with Crippen LogP contribution in [0.15, 0.2) is 22.7 Å². The van der Waals surface area contributed by atoms with Crippen LogP contribution >= 0.6 is 0 Å². The van der Waals surface area contributed by atoms with Crippen LogP contribution in [0.3, 0.4) is 0 Å². The van der Waals surface area contributed by atoms with Crippen LogP contribution in [0.1, 0.15) is 37.5 Å². The van der Waals surface area contributed by atoms with Gasteiger partial charge in [-0.15, -0.1) is 0 Å². The van der Waals surface area contributed by atoms with Gasteiger partial charge >= 0.3 is 0 Å². The second-order valence-electron chi connectivity index (χ2n) is 5.81. The molecule has 2 aromatic rings. The summed E-state index contributed by atoms with van der Waals surface area (Å²) in [6, 6.07) is 6.14. The van der Waals surface area contributed by atoms with Gasteiger partial charge in [0.1, 0.15) is 5.75 Å². The smallest absolute Gasteiger partial charge is 0.264 e. The fraction of sp³-hybridized carbons (Fsp3) is 0.500. The molecule has 0 saturated heterocycles. The second kappa shape index (κ2) is 6.16. The maximum atomic E-state index is 5.85. The molecule has 1 aromatic carbocycles. The number of nitrogens with one attached hydrogen (secondary N) is 1. The minimum atomic E-state index is 0.309. The van der Waals surface area contributed by atoms with Gasteiger partial charge in [0.15, 0.2) is 12.4 Å². The summed E-state index contributed by atoms with van der Waals surface area (Å²) in [5.41, 5.74) is 2.41. The van der Waals surface area contributed by atoms with Crippen molar-refractivity contribution in [3.05, 3.63) is 35.5 Å². The predicted octanol–water partition coefficient (Wildman–Crippen LogP) is 3.21. The van der Waals surface area contributed by atoms with E-state index in [1.54, 1.807) is 0 Å². The molecule has 21 heavy (non-hydrogen) atoms. The molecule has 0 amide bonds. The molecule has 1 aromatic heterocycles. The summed E-state index contributed by atoms with van der Waals surface area (Å²) in [5.74, 6) is 2.65. The Morgan fingerprint density at radius 3 is 3.14 bits per heavy atom. The molecule has 0 unspecified atom stereocenters. The Morgan fingerprint density at radius 2 is 2.29 bits per heavy atom. The quantitative estimate of drug-likeness (QED) is 0.915. The van der Waals surface area contributed by atoms with Crippen molar-refractivity contribution in [3.63, 3.8) is 0 Å². The lowest BCUT2D eigenvalue weighted by atomic mass is 10.0. The minimum absolute atomic E-state index is 0.309. The summed E-state index contributed by atoms with van der Waals surface area (Å²) in [6.07, 6.45) is 3.09. The van der Waals surface area contributed by atoms with Crippen LogP contribution in [-0.4, -0.2) is 16.7 Å². The Bertz CT molecular complexity index is 607. The maximum absolute atomic E-state index is 5.85. The van der Waals surface area contributed by atoms with E-state index in [0.29, 0.717) is 18.4 Å². The average molecular weight is 287 g/mol. The summed E-state index contributed by atoms with van der Waals surface area (Å²) in [7, 11) is 0. The lowest BCUT2D eigenvalue weighted by Crippen LogP contribution is -2.13. The topological polar surface area (TPSA) is 60.2 Å². The van der Waals surface area contributed by atoms with E-state index in [4.69, 9.17) is 9.26 Å². The fourth-order valence-electron chi connectivity index (χ4n) is 2.53. The average Bonchev–Trinajstić information content (AvgIpc) is 2.92. The predicted molar refractivity (Wildman–Crippen MR) is 80.4 cm³/mol. The molecule has 5 nitrogen and oxygen atoms in total. The molecule has 5 heteroatoms. The third-order valence-electron chi connectivity index (χ3n) is 3.49. The minimum Gasteiger partial charge on any atom is -0.482 e.